The number of hydrogen-bond donors (Lipinski definition) is 0. The molecular formula is C24H23ClN4O2. The monoisotopic (exact) mass is 434 g/mol. The molecule has 0 amide bonds. The van der Waals surface area contributed by atoms with E-state index >= 15 is 0 Å². The summed E-state index contributed by atoms with van der Waals surface area (Å²) in [5.74, 6) is 0. The molecule has 4 aromatic rings. The van der Waals surface area contributed by atoms with Crippen molar-refractivity contribution in [1.29, 1.82) is 0 Å². The fraction of sp³-hybridized carbons (Fsp3) is 0.292. The van der Waals surface area contributed by atoms with E-state index in [1.165, 1.54) is 4.57 Å². The van der Waals surface area contributed by atoms with Crippen molar-refractivity contribution in [2.75, 3.05) is 0 Å². The highest BCUT2D eigenvalue weighted by Crippen LogP contribution is 2.28. The third-order valence-electron chi connectivity index (χ3n) is 6.19. The van der Waals surface area contributed by atoms with Gasteiger partial charge in [-0.25, -0.2) is 14.3 Å². The first kappa shape index (κ1) is 19.8. The van der Waals surface area contributed by atoms with Crippen LogP contribution in [0.4, 0.5) is 0 Å². The van der Waals surface area contributed by atoms with E-state index < -0.39 is 0 Å². The van der Waals surface area contributed by atoms with E-state index in [9.17, 15) is 9.59 Å². The van der Waals surface area contributed by atoms with Crippen LogP contribution in [-0.4, -0.2) is 18.7 Å². The molecule has 0 atom stereocenters. The summed E-state index contributed by atoms with van der Waals surface area (Å²) in [5, 5.41) is 0.632. The van der Waals surface area contributed by atoms with Gasteiger partial charge in [0.25, 0.3) is 5.56 Å². The number of aryl methyl sites for hydroxylation is 1. The number of rotatable bonds is 4. The SMILES string of the molecule is Cc1ccccc1-n1c(=O)n(C2CCCC2)c(=O)c2c1ncn2Cc1ccccc1Cl. The van der Waals surface area contributed by atoms with Crippen LogP contribution in [0.25, 0.3) is 16.9 Å². The van der Waals surface area contributed by atoms with Crippen LogP contribution in [0.1, 0.15) is 42.9 Å². The van der Waals surface area contributed by atoms with Crippen molar-refractivity contribution in [3.8, 4) is 5.69 Å². The molecule has 1 saturated carbocycles. The van der Waals surface area contributed by atoms with Gasteiger partial charge in [0.15, 0.2) is 11.2 Å². The van der Waals surface area contributed by atoms with Crippen molar-refractivity contribution in [3.63, 3.8) is 0 Å². The minimum absolute atomic E-state index is 0.0802. The second kappa shape index (κ2) is 7.85. The van der Waals surface area contributed by atoms with Gasteiger partial charge in [-0.15, -0.1) is 0 Å². The quantitative estimate of drug-likeness (QED) is 0.476. The largest absolute Gasteiger partial charge is 0.337 e. The lowest BCUT2D eigenvalue weighted by molar-refractivity contribution is 0.474. The number of fused-ring (bicyclic) bond motifs is 1. The van der Waals surface area contributed by atoms with Crippen LogP contribution >= 0.6 is 11.6 Å². The van der Waals surface area contributed by atoms with Crippen molar-refractivity contribution < 1.29 is 0 Å². The maximum atomic E-state index is 13.6. The number of nitrogens with zero attached hydrogens (tertiary/aromatic N) is 4. The lowest BCUT2D eigenvalue weighted by Gasteiger charge is -2.18. The number of imidazole rings is 1. The molecule has 1 aliphatic rings. The minimum Gasteiger partial charge on any atom is -0.320 e. The zero-order chi connectivity index (χ0) is 21.5. The van der Waals surface area contributed by atoms with Crippen LogP contribution < -0.4 is 11.2 Å². The Hall–Kier alpha value is -3.12. The molecule has 158 valence electrons. The van der Waals surface area contributed by atoms with E-state index in [4.69, 9.17) is 11.6 Å². The van der Waals surface area contributed by atoms with Crippen LogP contribution in [0.2, 0.25) is 5.02 Å². The summed E-state index contributed by atoms with van der Waals surface area (Å²) in [6.45, 7) is 2.36. The summed E-state index contributed by atoms with van der Waals surface area (Å²) in [6.07, 6.45) is 5.36. The lowest BCUT2D eigenvalue weighted by Crippen LogP contribution is -2.42. The average Bonchev–Trinajstić information content (AvgIpc) is 3.42. The molecule has 2 aromatic heterocycles. The van der Waals surface area contributed by atoms with Gasteiger partial charge in [0.2, 0.25) is 0 Å². The summed E-state index contributed by atoms with van der Waals surface area (Å²) >= 11 is 6.37. The Morgan fingerprint density at radius 3 is 2.48 bits per heavy atom. The van der Waals surface area contributed by atoms with Crippen molar-refractivity contribution in [3.05, 3.63) is 91.8 Å². The molecule has 0 aliphatic heterocycles. The van der Waals surface area contributed by atoms with Gasteiger partial charge in [0, 0.05) is 11.1 Å². The summed E-state index contributed by atoms with van der Waals surface area (Å²) in [6, 6.07) is 15.2. The normalized spacial score (nSPS) is 14.5. The fourth-order valence-electron chi connectivity index (χ4n) is 4.60. The lowest BCUT2D eigenvalue weighted by atomic mass is 10.2. The van der Waals surface area contributed by atoms with E-state index in [0.717, 1.165) is 42.5 Å². The van der Waals surface area contributed by atoms with Crippen molar-refractivity contribution in [2.24, 2.45) is 0 Å². The van der Waals surface area contributed by atoms with Gasteiger partial charge in [0.1, 0.15) is 0 Å². The summed E-state index contributed by atoms with van der Waals surface area (Å²) in [4.78, 5) is 31.8. The smallest absolute Gasteiger partial charge is 0.320 e. The molecule has 2 heterocycles. The minimum atomic E-state index is -0.318. The Bertz CT molecular complexity index is 1390. The first-order valence-electron chi connectivity index (χ1n) is 10.6. The van der Waals surface area contributed by atoms with E-state index in [1.807, 2.05) is 55.5 Å². The van der Waals surface area contributed by atoms with Gasteiger partial charge in [-0.05, 0) is 43.0 Å². The molecule has 0 spiro atoms. The van der Waals surface area contributed by atoms with E-state index in [1.54, 1.807) is 15.5 Å². The summed E-state index contributed by atoms with van der Waals surface area (Å²) in [7, 11) is 0. The van der Waals surface area contributed by atoms with Gasteiger partial charge >= 0.3 is 5.69 Å². The van der Waals surface area contributed by atoms with Crippen LogP contribution in [0.5, 0.6) is 0 Å². The predicted octanol–water partition coefficient (Wildman–Crippen LogP) is 4.47. The average molecular weight is 435 g/mol. The third kappa shape index (κ3) is 3.31. The molecule has 0 bridgehead atoms. The Balaban J connectivity index is 1.81. The van der Waals surface area contributed by atoms with Crippen molar-refractivity contribution >= 4 is 22.8 Å². The third-order valence-corrected chi connectivity index (χ3v) is 6.56. The van der Waals surface area contributed by atoms with E-state index in [-0.39, 0.29) is 17.3 Å². The molecule has 0 saturated heterocycles. The van der Waals surface area contributed by atoms with Crippen LogP contribution in [0, 0.1) is 6.92 Å². The van der Waals surface area contributed by atoms with Gasteiger partial charge in [-0.2, -0.15) is 0 Å². The molecule has 6 nitrogen and oxygen atoms in total. The standard InChI is InChI=1S/C24H23ClN4O2/c1-16-8-2-7-13-20(16)29-22-21(23(30)28(24(29)31)18-10-4-5-11-18)27(15-26-22)14-17-9-3-6-12-19(17)25/h2-3,6-9,12-13,15,18H,4-5,10-11,14H2,1H3. The molecule has 0 N–H and O–H groups in total. The molecule has 31 heavy (non-hydrogen) atoms. The first-order chi connectivity index (χ1) is 15.1. The van der Waals surface area contributed by atoms with Gasteiger partial charge in [-0.3, -0.25) is 9.36 Å². The van der Waals surface area contributed by atoms with Gasteiger partial charge in [0.05, 0.1) is 18.6 Å². The second-order valence-corrected chi connectivity index (χ2v) is 8.56. The van der Waals surface area contributed by atoms with Crippen LogP contribution in [-0.2, 0) is 6.54 Å². The molecule has 1 aliphatic carbocycles. The maximum Gasteiger partial charge on any atom is 0.337 e. The highest BCUT2D eigenvalue weighted by molar-refractivity contribution is 6.31. The highest BCUT2D eigenvalue weighted by atomic mass is 35.5. The number of benzene rings is 2. The van der Waals surface area contributed by atoms with Gasteiger partial charge < -0.3 is 4.57 Å². The van der Waals surface area contributed by atoms with Crippen LogP contribution in [0.15, 0.2) is 64.4 Å². The van der Waals surface area contributed by atoms with E-state index in [0.29, 0.717) is 22.7 Å². The predicted molar refractivity (Wildman–Crippen MR) is 122 cm³/mol. The topological polar surface area (TPSA) is 61.8 Å². The Labute approximate surface area is 184 Å². The van der Waals surface area contributed by atoms with Crippen molar-refractivity contribution in [2.45, 2.75) is 45.2 Å². The Kier molecular flexibility index (Phi) is 5.02. The number of halogens is 1. The highest BCUT2D eigenvalue weighted by Gasteiger charge is 2.26. The molecule has 1 fully saturated rings. The van der Waals surface area contributed by atoms with Crippen LogP contribution in [0.3, 0.4) is 0 Å². The van der Waals surface area contributed by atoms with E-state index in [2.05, 4.69) is 4.98 Å². The number of para-hydroxylation sites is 1. The molecule has 0 radical (unpaired) electrons. The molecule has 7 heteroatoms. The Morgan fingerprint density at radius 2 is 1.74 bits per heavy atom. The maximum absolute atomic E-state index is 13.6. The van der Waals surface area contributed by atoms with Crippen molar-refractivity contribution in [1.82, 2.24) is 18.7 Å². The molecule has 0 unspecified atom stereocenters. The summed E-state index contributed by atoms with van der Waals surface area (Å²) < 4.78 is 4.85. The zero-order valence-electron chi connectivity index (χ0n) is 17.3. The number of aromatic nitrogens is 4. The Morgan fingerprint density at radius 1 is 1.03 bits per heavy atom. The zero-order valence-corrected chi connectivity index (χ0v) is 18.0. The second-order valence-electron chi connectivity index (χ2n) is 8.15. The first-order valence-corrected chi connectivity index (χ1v) is 11.0. The molecule has 5 rings (SSSR count). The van der Waals surface area contributed by atoms with Gasteiger partial charge in [-0.1, -0.05) is 60.8 Å². The molecular weight excluding hydrogens is 412 g/mol. The molecule has 2 aromatic carbocycles. The number of hydrogen-bond acceptors (Lipinski definition) is 3. The summed E-state index contributed by atoms with van der Waals surface area (Å²) in [5.41, 5.74) is 2.79. The fourth-order valence-corrected chi connectivity index (χ4v) is 4.79.